The summed E-state index contributed by atoms with van der Waals surface area (Å²) >= 11 is 0. The maximum Gasteiger partial charge on any atom is 0.410 e. The third-order valence-electron chi connectivity index (χ3n) is 3.45. The number of ether oxygens (including phenoxy) is 1. The first kappa shape index (κ1) is 16.8. The van der Waals surface area contributed by atoms with E-state index in [1.165, 1.54) is 12.1 Å². The Hall–Kier alpha value is -2.57. The number of carbonyl (C=O) groups excluding carboxylic acids is 1. The SMILES string of the molecule is CC(C)(C)OC(=O)N1CC=C(c2ccc([N+](=O)[O-])cc2N)CC1. The van der Waals surface area contributed by atoms with E-state index < -0.39 is 10.5 Å². The van der Waals surface area contributed by atoms with Gasteiger partial charge >= 0.3 is 6.09 Å². The van der Waals surface area contributed by atoms with Crippen LogP contribution in [0.3, 0.4) is 0 Å². The van der Waals surface area contributed by atoms with E-state index in [9.17, 15) is 14.9 Å². The van der Waals surface area contributed by atoms with Gasteiger partial charge in [0.25, 0.3) is 5.69 Å². The van der Waals surface area contributed by atoms with Crippen LogP contribution in [0.1, 0.15) is 32.8 Å². The molecule has 2 N–H and O–H groups in total. The number of nitro benzene ring substituents is 1. The summed E-state index contributed by atoms with van der Waals surface area (Å²) in [5.41, 5.74) is 7.50. The summed E-state index contributed by atoms with van der Waals surface area (Å²) in [7, 11) is 0. The van der Waals surface area contributed by atoms with Gasteiger partial charge in [-0.2, -0.15) is 0 Å². The lowest BCUT2D eigenvalue weighted by molar-refractivity contribution is -0.384. The van der Waals surface area contributed by atoms with Crippen LogP contribution in [-0.2, 0) is 4.74 Å². The average Bonchev–Trinajstić information content (AvgIpc) is 2.45. The van der Waals surface area contributed by atoms with Crippen LogP contribution in [0, 0.1) is 10.1 Å². The summed E-state index contributed by atoms with van der Waals surface area (Å²) in [4.78, 5) is 23.9. The summed E-state index contributed by atoms with van der Waals surface area (Å²) in [6.07, 6.45) is 2.19. The van der Waals surface area contributed by atoms with Crippen molar-refractivity contribution in [2.75, 3.05) is 18.8 Å². The number of rotatable bonds is 2. The van der Waals surface area contributed by atoms with E-state index in [1.54, 1.807) is 11.0 Å². The second kappa shape index (κ2) is 6.28. The maximum absolute atomic E-state index is 12.0. The first-order valence-electron chi connectivity index (χ1n) is 7.38. The smallest absolute Gasteiger partial charge is 0.410 e. The van der Waals surface area contributed by atoms with Crippen molar-refractivity contribution < 1.29 is 14.5 Å². The number of nitrogens with zero attached hydrogens (tertiary/aromatic N) is 2. The second-order valence-corrected chi connectivity index (χ2v) is 6.43. The normalized spacial score (nSPS) is 15.1. The molecule has 0 saturated carbocycles. The monoisotopic (exact) mass is 319 g/mol. The molecule has 1 aromatic carbocycles. The Morgan fingerprint density at radius 2 is 2.09 bits per heavy atom. The van der Waals surface area contributed by atoms with Crippen molar-refractivity contribution in [3.05, 3.63) is 40.0 Å². The average molecular weight is 319 g/mol. The Morgan fingerprint density at radius 3 is 2.57 bits per heavy atom. The van der Waals surface area contributed by atoms with Crippen molar-refractivity contribution in [1.29, 1.82) is 0 Å². The lowest BCUT2D eigenvalue weighted by Crippen LogP contribution is -2.39. The van der Waals surface area contributed by atoms with Crippen molar-refractivity contribution in [2.45, 2.75) is 32.8 Å². The van der Waals surface area contributed by atoms with E-state index in [0.717, 1.165) is 11.1 Å². The van der Waals surface area contributed by atoms with Gasteiger partial charge in [0.15, 0.2) is 0 Å². The molecule has 0 saturated heterocycles. The molecule has 0 unspecified atom stereocenters. The predicted molar refractivity (Wildman–Crippen MR) is 87.9 cm³/mol. The number of nitrogens with two attached hydrogens (primary N) is 1. The molecule has 0 aromatic heterocycles. The standard InChI is InChI=1S/C16H21N3O4/c1-16(2,3)23-15(20)18-8-6-11(7-9-18)13-5-4-12(19(21)22)10-14(13)17/h4-6,10H,7-9,17H2,1-3H3. The molecular weight excluding hydrogens is 298 g/mol. The number of benzene rings is 1. The fraction of sp³-hybridized carbons (Fsp3) is 0.438. The van der Waals surface area contributed by atoms with Crippen LogP contribution in [0.15, 0.2) is 24.3 Å². The molecule has 1 heterocycles. The number of amides is 1. The van der Waals surface area contributed by atoms with Crippen LogP contribution >= 0.6 is 0 Å². The maximum atomic E-state index is 12.0. The largest absolute Gasteiger partial charge is 0.444 e. The van der Waals surface area contributed by atoms with E-state index in [1.807, 2.05) is 26.8 Å². The summed E-state index contributed by atoms with van der Waals surface area (Å²) in [5.74, 6) is 0. The number of non-ortho nitro benzene ring substituents is 1. The molecule has 7 heteroatoms. The van der Waals surface area contributed by atoms with Crippen molar-refractivity contribution >= 4 is 23.0 Å². The molecule has 7 nitrogen and oxygen atoms in total. The van der Waals surface area contributed by atoms with Gasteiger partial charge in [0, 0.05) is 36.5 Å². The van der Waals surface area contributed by atoms with Crippen molar-refractivity contribution in [3.8, 4) is 0 Å². The fourth-order valence-electron chi connectivity index (χ4n) is 2.36. The molecule has 0 aliphatic carbocycles. The molecule has 0 radical (unpaired) electrons. The molecule has 0 spiro atoms. The highest BCUT2D eigenvalue weighted by Crippen LogP contribution is 2.30. The van der Waals surface area contributed by atoms with E-state index >= 15 is 0 Å². The van der Waals surface area contributed by atoms with Crippen LogP contribution in [0.25, 0.3) is 5.57 Å². The first-order valence-corrected chi connectivity index (χ1v) is 7.38. The third kappa shape index (κ3) is 4.21. The van der Waals surface area contributed by atoms with Crippen LogP contribution < -0.4 is 5.73 Å². The molecule has 0 bridgehead atoms. The number of hydrogen-bond donors (Lipinski definition) is 1. The highest BCUT2D eigenvalue weighted by molar-refractivity contribution is 5.78. The molecule has 0 atom stereocenters. The van der Waals surface area contributed by atoms with Gasteiger partial charge in [-0.3, -0.25) is 10.1 Å². The molecule has 1 amide bonds. The Bertz CT molecular complexity index is 662. The second-order valence-electron chi connectivity index (χ2n) is 6.43. The topological polar surface area (TPSA) is 98.7 Å². The number of carbonyl (C=O) groups is 1. The lowest BCUT2D eigenvalue weighted by Gasteiger charge is -2.29. The zero-order valence-corrected chi connectivity index (χ0v) is 13.5. The van der Waals surface area contributed by atoms with Gasteiger partial charge in [-0.1, -0.05) is 6.08 Å². The molecule has 2 rings (SSSR count). The molecular formula is C16H21N3O4. The molecule has 0 fully saturated rings. The van der Waals surface area contributed by atoms with E-state index in [-0.39, 0.29) is 11.8 Å². The Morgan fingerprint density at radius 1 is 1.39 bits per heavy atom. The van der Waals surface area contributed by atoms with E-state index in [2.05, 4.69) is 0 Å². The Kier molecular flexibility index (Phi) is 4.58. The molecule has 23 heavy (non-hydrogen) atoms. The minimum atomic E-state index is -0.524. The van der Waals surface area contributed by atoms with E-state index in [0.29, 0.717) is 25.2 Å². The number of hydrogen-bond acceptors (Lipinski definition) is 5. The van der Waals surface area contributed by atoms with Crippen LogP contribution in [-0.4, -0.2) is 34.6 Å². The Labute approximate surface area is 134 Å². The Balaban J connectivity index is 2.10. The zero-order valence-electron chi connectivity index (χ0n) is 13.5. The summed E-state index contributed by atoms with van der Waals surface area (Å²) in [6, 6.07) is 4.45. The van der Waals surface area contributed by atoms with Crippen LogP contribution in [0.5, 0.6) is 0 Å². The summed E-state index contributed by atoms with van der Waals surface area (Å²) < 4.78 is 5.34. The van der Waals surface area contributed by atoms with Gasteiger partial charge in [-0.05, 0) is 38.8 Å². The fourth-order valence-corrected chi connectivity index (χ4v) is 2.36. The number of nitro groups is 1. The predicted octanol–water partition coefficient (Wildman–Crippen LogP) is 3.20. The highest BCUT2D eigenvalue weighted by atomic mass is 16.6. The molecule has 1 aliphatic rings. The van der Waals surface area contributed by atoms with Gasteiger partial charge in [-0.25, -0.2) is 4.79 Å². The minimum Gasteiger partial charge on any atom is -0.444 e. The van der Waals surface area contributed by atoms with E-state index in [4.69, 9.17) is 10.5 Å². The van der Waals surface area contributed by atoms with Gasteiger partial charge in [0.1, 0.15) is 5.60 Å². The lowest BCUT2D eigenvalue weighted by atomic mass is 9.98. The number of nitrogen functional groups attached to an aromatic ring is 1. The van der Waals surface area contributed by atoms with Crippen molar-refractivity contribution in [3.63, 3.8) is 0 Å². The minimum absolute atomic E-state index is 0.0296. The van der Waals surface area contributed by atoms with Gasteiger partial charge < -0.3 is 15.4 Å². The van der Waals surface area contributed by atoms with Crippen molar-refractivity contribution in [1.82, 2.24) is 4.90 Å². The summed E-state index contributed by atoms with van der Waals surface area (Å²) in [5, 5.41) is 10.8. The first-order chi connectivity index (χ1) is 10.7. The third-order valence-corrected chi connectivity index (χ3v) is 3.45. The summed E-state index contributed by atoms with van der Waals surface area (Å²) in [6.45, 7) is 6.44. The highest BCUT2D eigenvalue weighted by Gasteiger charge is 2.24. The van der Waals surface area contributed by atoms with Gasteiger partial charge in [0.2, 0.25) is 0 Å². The number of anilines is 1. The molecule has 124 valence electrons. The zero-order chi connectivity index (χ0) is 17.2. The van der Waals surface area contributed by atoms with Crippen molar-refractivity contribution in [2.24, 2.45) is 0 Å². The molecule has 1 aliphatic heterocycles. The van der Waals surface area contributed by atoms with Crippen LogP contribution in [0.4, 0.5) is 16.2 Å². The van der Waals surface area contributed by atoms with Crippen LogP contribution in [0.2, 0.25) is 0 Å². The van der Waals surface area contributed by atoms with Gasteiger partial charge in [-0.15, -0.1) is 0 Å². The van der Waals surface area contributed by atoms with Gasteiger partial charge in [0.05, 0.1) is 4.92 Å². The molecule has 1 aromatic rings. The quantitative estimate of drug-likeness (QED) is 0.512.